The third-order valence-electron chi connectivity index (χ3n) is 2.72. The Morgan fingerprint density at radius 3 is 1.36 bits per heavy atom. The summed E-state index contributed by atoms with van der Waals surface area (Å²) in [6, 6.07) is 25.0. The van der Waals surface area contributed by atoms with Crippen molar-refractivity contribution in [3.63, 3.8) is 0 Å². The standard InChI is InChI=1S/C8H13Si.2C6H5.Pt/c1-9(2,3)8-6-4-5-7-8;2*1-2-4-6-5-3-1;/h4,6H,5H2,1-3H3;2*1-5H;/q3*-1;. The van der Waals surface area contributed by atoms with Crippen LogP contribution in [0.15, 0.2) is 78.0 Å². The molecular weight excluding hydrogens is 463 g/mol. The van der Waals surface area contributed by atoms with E-state index in [0.29, 0.717) is 0 Å². The molecule has 2 aromatic carbocycles. The molecule has 0 aliphatic heterocycles. The number of rotatable bonds is 1. The molecule has 3 rings (SSSR count). The molecule has 2 aromatic rings. The van der Waals surface area contributed by atoms with Crippen LogP contribution in [-0.2, 0) is 21.1 Å². The van der Waals surface area contributed by atoms with Gasteiger partial charge in [0.05, 0.1) is 0 Å². The molecule has 0 radical (unpaired) electrons. The summed E-state index contributed by atoms with van der Waals surface area (Å²) in [6.45, 7) is 7.06. The van der Waals surface area contributed by atoms with Crippen molar-refractivity contribution in [3.8, 4) is 0 Å². The van der Waals surface area contributed by atoms with Crippen molar-refractivity contribution in [2.45, 2.75) is 26.1 Å². The van der Waals surface area contributed by atoms with Gasteiger partial charge in [0.2, 0.25) is 0 Å². The molecule has 0 atom stereocenters. The first-order valence-corrected chi connectivity index (χ1v) is 10.7. The molecule has 0 unspecified atom stereocenters. The van der Waals surface area contributed by atoms with Crippen LogP contribution in [0.4, 0.5) is 0 Å². The summed E-state index contributed by atoms with van der Waals surface area (Å²) in [7, 11) is -1.01. The number of hydrogen-bond donors (Lipinski definition) is 0. The molecule has 0 aromatic heterocycles. The van der Waals surface area contributed by atoms with Gasteiger partial charge in [0.1, 0.15) is 0 Å². The van der Waals surface area contributed by atoms with Crippen LogP contribution in [0.3, 0.4) is 0 Å². The second kappa shape index (κ2) is 12.4. The first-order chi connectivity index (χ1) is 10.1. The zero-order valence-electron chi connectivity index (χ0n) is 13.5. The van der Waals surface area contributed by atoms with Gasteiger partial charge in [0.25, 0.3) is 0 Å². The third kappa shape index (κ3) is 10.5. The van der Waals surface area contributed by atoms with E-state index in [2.05, 4.69) is 50.0 Å². The summed E-state index contributed by atoms with van der Waals surface area (Å²) >= 11 is 0. The van der Waals surface area contributed by atoms with E-state index in [0.717, 1.165) is 6.42 Å². The molecule has 2 heteroatoms. The molecule has 0 amide bonds. The first-order valence-electron chi connectivity index (χ1n) is 7.21. The Balaban J connectivity index is 0.000000303. The molecular formula is C20H23PtSi-3. The van der Waals surface area contributed by atoms with E-state index in [1.165, 1.54) is 5.20 Å². The summed E-state index contributed by atoms with van der Waals surface area (Å²) in [5, 5.41) is 1.49. The van der Waals surface area contributed by atoms with Crippen LogP contribution < -0.4 is 0 Å². The Morgan fingerprint density at radius 2 is 1.23 bits per heavy atom. The molecule has 1 aliphatic carbocycles. The van der Waals surface area contributed by atoms with Crippen LogP contribution in [-0.4, -0.2) is 8.07 Å². The molecule has 0 fully saturated rings. The Bertz CT molecular complexity index is 440. The van der Waals surface area contributed by atoms with E-state index in [1.54, 1.807) is 0 Å². The van der Waals surface area contributed by atoms with Crippen LogP contribution in [0.5, 0.6) is 0 Å². The monoisotopic (exact) mass is 486 g/mol. The predicted molar refractivity (Wildman–Crippen MR) is 94.4 cm³/mol. The molecule has 1 aliphatic rings. The van der Waals surface area contributed by atoms with Gasteiger partial charge in [-0.3, -0.25) is 6.08 Å². The van der Waals surface area contributed by atoms with E-state index >= 15 is 0 Å². The van der Waals surface area contributed by atoms with Gasteiger partial charge in [-0.1, -0.05) is 19.6 Å². The summed E-state index contributed by atoms with van der Waals surface area (Å²) < 4.78 is 0. The molecule has 0 saturated carbocycles. The van der Waals surface area contributed by atoms with Crippen molar-refractivity contribution in [3.05, 3.63) is 96.2 Å². The van der Waals surface area contributed by atoms with Gasteiger partial charge in [-0.05, 0) is 0 Å². The smallest absolute Gasteiger partial charge is 0.0393 e. The van der Waals surface area contributed by atoms with Gasteiger partial charge in [0, 0.05) is 29.1 Å². The van der Waals surface area contributed by atoms with Crippen LogP contribution in [0.1, 0.15) is 6.42 Å². The minimum absolute atomic E-state index is 0. The molecule has 0 saturated heterocycles. The van der Waals surface area contributed by atoms with E-state index in [9.17, 15) is 0 Å². The van der Waals surface area contributed by atoms with E-state index in [4.69, 9.17) is 0 Å². The zero-order valence-corrected chi connectivity index (χ0v) is 16.7. The molecule has 120 valence electrons. The van der Waals surface area contributed by atoms with Crippen molar-refractivity contribution in [1.82, 2.24) is 0 Å². The number of benzene rings is 2. The van der Waals surface area contributed by atoms with E-state index < -0.39 is 8.07 Å². The average Bonchev–Trinajstić information content (AvgIpc) is 3.07. The normalized spacial score (nSPS) is 11.9. The second-order valence-electron chi connectivity index (χ2n) is 5.60. The first kappa shape index (κ1) is 20.8. The third-order valence-corrected chi connectivity index (χ3v) is 4.68. The van der Waals surface area contributed by atoms with Gasteiger partial charge in [-0.15, -0.1) is 6.42 Å². The van der Waals surface area contributed by atoms with Crippen LogP contribution in [0.25, 0.3) is 0 Å². The minimum Gasteiger partial charge on any atom is -0.274 e. The molecule has 0 N–H and O–H groups in total. The van der Waals surface area contributed by atoms with Crippen LogP contribution >= 0.6 is 0 Å². The fourth-order valence-corrected chi connectivity index (χ4v) is 2.85. The summed E-state index contributed by atoms with van der Waals surface area (Å²) in [6.07, 6.45) is 8.82. The SMILES string of the molecule is C[Si](C)(C)C1=[C-]CC=C1.[Pt].[c-]1ccccc1.[c-]1ccccc1. The number of allylic oxidation sites excluding steroid dienone is 4. The van der Waals surface area contributed by atoms with Crippen LogP contribution in [0.2, 0.25) is 19.6 Å². The van der Waals surface area contributed by atoms with E-state index in [-0.39, 0.29) is 21.1 Å². The Morgan fingerprint density at radius 1 is 0.773 bits per heavy atom. The Labute approximate surface area is 151 Å². The molecule has 0 bridgehead atoms. The van der Waals surface area contributed by atoms with Gasteiger partial charge in [-0.2, -0.15) is 78.9 Å². The number of hydrogen-bond acceptors (Lipinski definition) is 0. The molecule has 0 spiro atoms. The maximum absolute atomic E-state index is 3.36. The van der Waals surface area contributed by atoms with Gasteiger partial charge >= 0.3 is 0 Å². The van der Waals surface area contributed by atoms with E-state index in [1.807, 2.05) is 60.7 Å². The molecule has 0 nitrogen and oxygen atoms in total. The fourth-order valence-electron chi connectivity index (χ4n) is 1.60. The topological polar surface area (TPSA) is 0 Å². The maximum Gasteiger partial charge on any atom is 0.0393 e. The zero-order chi connectivity index (χ0) is 15.4. The Hall–Kier alpha value is -1.17. The maximum atomic E-state index is 3.36. The summed E-state index contributed by atoms with van der Waals surface area (Å²) in [5.41, 5.74) is 0. The molecule has 0 heterocycles. The van der Waals surface area contributed by atoms with Gasteiger partial charge in [-0.25, -0.2) is 11.3 Å². The summed E-state index contributed by atoms with van der Waals surface area (Å²) in [4.78, 5) is 0. The second-order valence-corrected chi connectivity index (χ2v) is 10.6. The predicted octanol–water partition coefficient (Wildman–Crippen LogP) is 5.52. The van der Waals surface area contributed by atoms with Crippen molar-refractivity contribution in [1.29, 1.82) is 0 Å². The Kier molecular flexibility index (Phi) is 11.7. The van der Waals surface area contributed by atoms with Crippen LogP contribution in [0, 0.1) is 18.2 Å². The van der Waals surface area contributed by atoms with Crippen molar-refractivity contribution >= 4 is 8.07 Å². The van der Waals surface area contributed by atoms with Gasteiger partial charge < -0.3 is 0 Å². The van der Waals surface area contributed by atoms with Gasteiger partial charge in [0.15, 0.2) is 0 Å². The molecule has 22 heavy (non-hydrogen) atoms. The largest absolute Gasteiger partial charge is 0.274 e. The quantitative estimate of drug-likeness (QED) is 0.368. The minimum atomic E-state index is -1.01. The average molecular weight is 487 g/mol. The summed E-state index contributed by atoms with van der Waals surface area (Å²) in [5.74, 6) is 0. The van der Waals surface area contributed by atoms with Crippen molar-refractivity contribution in [2.75, 3.05) is 0 Å². The van der Waals surface area contributed by atoms with Crippen molar-refractivity contribution < 1.29 is 21.1 Å². The van der Waals surface area contributed by atoms with Crippen molar-refractivity contribution in [2.24, 2.45) is 0 Å². The fraction of sp³-hybridized carbons (Fsp3) is 0.200.